The first-order chi connectivity index (χ1) is 12.3. The van der Waals surface area contributed by atoms with Crippen molar-refractivity contribution in [1.29, 1.82) is 0 Å². The van der Waals surface area contributed by atoms with E-state index in [0.29, 0.717) is 11.5 Å². The van der Waals surface area contributed by atoms with Gasteiger partial charge in [0.05, 0.1) is 5.56 Å². The Labute approximate surface area is 156 Å². The SMILES string of the molecule is CCCCCc1cc2c3c(c1C(=O)O)C[C@]31CC(C)=CC[C@H]1C(C)(C)O2. The van der Waals surface area contributed by atoms with Crippen molar-refractivity contribution in [3.05, 3.63) is 40.0 Å². The second-order valence-electron chi connectivity index (χ2n) is 9.08. The first-order valence-corrected chi connectivity index (χ1v) is 10.1. The van der Waals surface area contributed by atoms with Crippen LogP contribution in [0.5, 0.6) is 5.75 Å². The van der Waals surface area contributed by atoms with Gasteiger partial charge in [0.25, 0.3) is 0 Å². The minimum atomic E-state index is -0.770. The predicted molar refractivity (Wildman–Crippen MR) is 103 cm³/mol. The van der Waals surface area contributed by atoms with Crippen molar-refractivity contribution < 1.29 is 14.6 Å². The van der Waals surface area contributed by atoms with Crippen LogP contribution < -0.4 is 4.74 Å². The number of benzene rings is 1. The molecule has 140 valence electrons. The molecule has 3 heteroatoms. The number of unbranched alkanes of at least 4 members (excludes halogenated alkanes) is 2. The van der Waals surface area contributed by atoms with Crippen LogP contribution in [0.25, 0.3) is 0 Å². The van der Waals surface area contributed by atoms with Gasteiger partial charge in [-0.25, -0.2) is 4.79 Å². The van der Waals surface area contributed by atoms with Gasteiger partial charge in [-0.15, -0.1) is 0 Å². The molecule has 1 N–H and O–H groups in total. The zero-order chi connectivity index (χ0) is 18.7. The van der Waals surface area contributed by atoms with Crippen molar-refractivity contribution in [2.75, 3.05) is 0 Å². The molecule has 1 aliphatic heterocycles. The van der Waals surface area contributed by atoms with Crippen LogP contribution >= 0.6 is 0 Å². The maximum Gasteiger partial charge on any atom is 0.336 e. The summed E-state index contributed by atoms with van der Waals surface area (Å²) in [5.74, 6) is 0.610. The van der Waals surface area contributed by atoms with Crippen LogP contribution in [0.1, 0.15) is 86.8 Å². The Morgan fingerprint density at radius 2 is 2.08 bits per heavy atom. The monoisotopic (exact) mass is 354 g/mol. The van der Waals surface area contributed by atoms with Gasteiger partial charge in [0.15, 0.2) is 0 Å². The van der Waals surface area contributed by atoms with E-state index in [4.69, 9.17) is 4.74 Å². The van der Waals surface area contributed by atoms with Gasteiger partial charge in [-0.3, -0.25) is 0 Å². The molecule has 0 bridgehead atoms. The molecule has 1 heterocycles. The topological polar surface area (TPSA) is 46.5 Å². The third-order valence-electron chi connectivity index (χ3n) is 6.91. The molecule has 0 amide bonds. The standard InChI is InChI=1S/C23H30O3/c1-5-6-7-8-15-11-17-20-16(19(15)21(24)25)13-23(20)12-14(2)9-10-18(23)22(3,4)26-17/h9,11,18H,5-8,10,12-13H2,1-4H3,(H,24,25)/t18-,23-/m0/s1. The Bertz CT molecular complexity index is 802. The van der Waals surface area contributed by atoms with Gasteiger partial charge in [-0.2, -0.15) is 0 Å². The molecule has 0 unspecified atom stereocenters. The number of allylic oxidation sites excluding steroid dienone is 2. The fraction of sp³-hybridized carbons (Fsp3) is 0.609. The number of ether oxygens (including phenoxy) is 1. The average Bonchev–Trinajstić information content (AvgIpc) is 2.52. The van der Waals surface area contributed by atoms with E-state index in [9.17, 15) is 9.90 Å². The molecule has 0 aromatic heterocycles. The second-order valence-corrected chi connectivity index (χ2v) is 9.08. The van der Waals surface area contributed by atoms with Crippen LogP contribution in [0.3, 0.4) is 0 Å². The summed E-state index contributed by atoms with van der Waals surface area (Å²) in [7, 11) is 0. The van der Waals surface area contributed by atoms with E-state index >= 15 is 0 Å². The molecule has 26 heavy (non-hydrogen) atoms. The van der Waals surface area contributed by atoms with Crippen molar-refractivity contribution in [1.82, 2.24) is 0 Å². The lowest BCUT2D eigenvalue weighted by molar-refractivity contribution is -0.0387. The summed E-state index contributed by atoms with van der Waals surface area (Å²) in [4.78, 5) is 12.1. The Morgan fingerprint density at radius 3 is 2.77 bits per heavy atom. The lowest BCUT2D eigenvalue weighted by Crippen LogP contribution is -2.60. The molecular formula is C23H30O3. The zero-order valence-corrected chi connectivity index (χ0v) is 16.4. The maximum absolute atomic E-state index is 12.1. The molecule has 0 saturated heterocycles. The van der Waals surface area contributed by atoms with E-state index in [0.717, 1.165) is 61.8 Å². The fourth-order valence-electron chi connectivity index (χ4n) is 5.89. The number of carbonyl (C=O) groups is 1. The van der Waals surface area contributed by atoms with Gasteiger partial charge in [0.1, 0.15) is 11.4 Å². The summed E-state index contributed by atoms with van der Waals surface area (Å²) in [5, 5.41) is 9.93. The van der Waals surface area contributed by atoms with E-state index in [-0.39, 0.29) is 11.0 Å². The Morgan fingerprint density at radius 1 is 1.31 bits per heavy atom. The normalized spacial score (nSPS) is 27.5. The zero-order valence-electron chi connectivity index (χ0n) is 16.4. The van der Waals surface area contributed by atoms with Crippen molar-refractivity contribution in [3.8, 4) is 5.75 Å². The minimum Gasteiger partial charge on any atom is -0.487 e. The first kappa shape index (κ1) is 17.6. The van der Waals surface area contributed by atoms with Crippen LogP contribution in [0, 0.1) is 5.92 Å². The predicted octanol–water partition coefficient (Wildman–Crippen LogP) is 5.44. The highest BCUT2D eigenvalue weighted by Gasteiger charge is 2.60. The number of aromatic carboxylic acids is 1. The van der Waals surface area contributed by atoms with Gasteiger partial charge in [0, 0.05) is 16.9 Å². The van der Waals surface area contributed by atoms with Crippen LogP contribution in [0.2, 0.25) is 0 Å². The highest BCUT2D eigenvalue weighted by Crippen LogP contribution is 2.64. The minimum absolute atomic E-state index is 0.0808. The van der Waals surface area contributed by atoms with Crippen molar-refractivity contribution in [2.45, 2.75) is 83.7 Å². The van der Waals surface area contributed by atoms with Crippen LogP contribution in [0.4, 0.5) is 0 Å². The van der Waals surface area contributed by atoms with Crippen molar-refractivity contribution >= 4 is 5.97 Å². The summed E-state index contributed by atoms with van der Waals surface area (Å²) < 4.78 is 6.49. The quantitative estimate of drug-likeness (QED) is 0.566. The van der Waals surface area contributed by atoms with E-state index in [1.54, 1.807) is 0 Å². The van der Waals surface area contributed by atoms with Gasteiger partial charge < -0.3 is 9.84 Å². The molecule has 4 rings (SSSR count). The molecule has 2 aliphatic carbocycles. The lowest BCUT2D eigenvalue weighted by Gasteiger charge is -2.60. The van der Waals surface area contributed by atoms with E-state index in [2.05, 4.69) is 39.8 Å². The lowest BCUT2D eigenvalue weighted by atomic mass is 9.47. The highest BCUT2D eigenvalue weighted by atomic mass is 16.5. The van der Waals surface area contributed by atoms with Crippen LogP contribution in [-0.2, 0) is 18.3 Å². The number of rotatable bonds is 5. The summed E-state index contributed by atoms with van der Waals surface area (Å²) in [6, 6.07) is 2.06. The molecule has 1 spiro atoms. The van der Waals surface area contributed by atoms with Gasteiger partial charge in [0.2, 0.25) is 0 Å². The summed E-state index contributed by atoms with van der Waals surface area (Å²) in [6.07, 6.45) is 9.44. The molecule has 3 nitrogen and oxygen atoms in total. The van der Waals surface area contributed by atoms with Gasteiger partial charge >= 0.3 is 5.97 Å². The first-order valence-electron chi connectivity index (χ1n) is 10.1. The number of carboxylic acid groups (broad SMARTS) is 1. The Balaban J connectivity index is 1.85. The molecule has 3 aliphatic rings. The Kier molecular flexibility index (Phi) is 3.98. The molecule has 1 aromatic rings. The van der Waals surface area contributed by atoms with Crippen molar-refractivity contribution in [2.24, 2.45) is 5.92 Å². The van der Waals surface area contributed by atoms with E-state index < -0.39 is 5.97 Å². The summed E-state index contributed by atoms with van der Waals surface area (Å²) in [6.45, 7) is 8.80. The van der Waals surface area contributed by atoms with Crippen LogP contribution in [-0.4, -0.2) is 16.7 Å². The highest BCUT2D eigenvalue weighted by molar-refractivity contribution is 5.93. The molecule has 0 saturated carbocycles. The maximum atomic E-state index is 12.1. The third kappa shape index (κ3) is 2.35. The molecular weight excluding hydrogens is 324 g/mol. The van der Waals surface area contributed by atoms with E-state index in [1.165, 1.54) is 11.1 Å². The number of hydrogen-bond acceptors (Lipinski definition) is 2. The fourth-order valence-corrected chi connectivity index (χ4v) is 5.89. The van der Waals surface area contributed by atoms with Crippen LogP contribution in [0.15, 0.2) is 17.7 Å². The van der Waals surface area contributed by atoms with Gasteiger partial charge in [-0.05, 0) is 70.1 Å². The smallest absolute Gasteiger partial charge is 0.336 e. The van der Waals surface area contributed by atoms with Gasteiger partial charge in [-0.1, -0.05) is 31.4 Å². The second kappa shape index (κ2) is 5.87. The summed E-state index contributed by atoms with van der Waals surface area (Å²) in [5.41, 5.74) is 5.10. The Hall–Kier alpha value is -1.77. The molecule has 1 aromatic carbocycles. The molecule has 0 radical (unpaired) electrons. The average molecular weight is 354 g/mol. The number of hydrogen-bond donors (Lipinski definition) is 1. The molecule has 2 atom stereocenters. The largest absolute Gasteiger partial charge is 0.487 e. The third-order valence-corrected chi connectivity index (χ3v) is 6.91. The van der Waals surface area contributed by atoms with E-state index in [1.807, 2.05) is 0 Å². The summed E-state index contributed by atoms with van der Waals surface area (Å²) >= 11 is 0. The van der Waals surface area contributed by atoms with Crippen molar-refractivity contribution in [3.63, 3.8) is 0 Å². The number of aryl methyl sites for hydroxylation is 1. The number of carboxylic acids is 1. The molecule has 0 fully saturated rings.